The molecule has 0 saturated carbocycles. The fraction of sp³-hybridized carbons (Fsp3) is 0.190. The van der Waals surface area contributed by atoms with Crippen molar-refractivity contribution in [2.45, 2.75) is 20.4 Å². The summed E-state index contributed by atoms with van der Waals surface area (Å²) in [5, 5.41) is 8.26. The second kappa shape index (κ2) is 7.56. The lowest BCUT2D eigenvalue weighted by atomic mass is 10.1. The molecule has 4 rings (SSSR count). The molecule has 0 unspecified atom stereocenters. The third-order valence-electron chi connectivity index (χ3n) is 4.35. The van der Waals surface area contributed by atoms with Crippen molar-refractivity contribution in [3.63, 3.8) is 0 Å². The van der Waals surface area contributed by atoms with Crippen molar-refractivity contribution >= 4 is 5.95 Å². The highest BCUT2D eigenvalue weighted by molar-refractivity contribution is 5.62. The molecule has 3 aromatic heterocycles. The van der Waals surface area contributed by atoms with Gasteiger partial charge in [-0.2, -0.15) is 0 Å². The van der Waals surface area contributed by atoms with Crippen LogP contribution in [0.5, 0.6) is 0 Å². The zero-order valence-corrected chi connectivity index (χ0v) is 16.0. The standard InChI is InChI=1S/C21H20N6O/c1-14-9-10-17(15(2)23-14)18-11-12-22-21(24-18)27(3)13-19-25-26-20(28-19)16-7-5-4-6-8-16/h4-12H,13H2,1-3H3. The molecule has 0 aliphatic carbocycles. The number of hydrogen-bond donors (Lipinski definition) is 0. The molecule has 0 N–H and O–H groups in total. The van der Waals surface area contributed by atoms with Gasteiger partial charge in [0.05, 0.1) is 12.2 Å². The van der Waals surface area contributed by atoms with Gasteiger partial charge in [0.25, 0.3) is 0 Å². The first-order valence-corrected chi connectivity index (χ1v) is 8.97. The van der Waals surface area contributed by atoms with Crippen LogP contribution in [0.25, 0.3) is 22.7 Å². The molecule has 0 atom stereocenters. The molecule has 0 aliphatic rings. The second-order valence-corrected chi connectivity index (χ2v) is 6.55. The molecule has 4 aromatic rings. The first-order valence-electron chi connectivity index (χ1n) is 8.97. The summed E-state index contributed by atoms with van der Waals surface area (Å²) in [5.74, 6) is 1.58. The molecule has 7 heteroatoms. The van der Waals surface area contributed by atoms with Crippen LogP contribution in [0.3, 0.4) is 0 Å². The predicted octanol–water partition coefficient (Wildman–Crippen LogP) is 3.84. The maximum absolute atomic E-state index is 5.78. The van der Waals surface area contributed by atoms with Crippen molar-refractivity contribution in [3.8, 4) is 22.7 Å². The maximum atomic E-state index is 5.78. The number of anilines is 1. The molecule has 0 saturated heterocycles. The molecule has 0 radical (unpaired) electrons. The van der Waals surface area contributed by atoms with Gasteiger partial charge < -0.3 is 9.32 Å². The summed E-state index contributed by atoms with van der Waals surface area (Å²) in [6.45, 7) is 4.37. The molecule has 3 heterocycles. The Kier molecular flexibility index (Phi) is 4.80. The number of pyridine rings is 1. The van der Waals surface area contributed by atoms with Crippen LogP contribution >= 0.6 is 0 Å². The summed E-state index contributed by atoms with van der Waals surface area (Å²) in [6.07, 6.45) is 1.75. The first-order chi connectivity index (χ1) is 13.6. The van der Waals surface area contributed by atoms with Gasteiger partial charge in [0.2, 0.25) is 17.7 Å². The predicted molar refractivity (Wildman–Crippen MR) is 107 cm³/mol. The van der Waals surface area contributed by atoms with Gasteiger partial charge in [-0.05, 0) is 44.2 Å². The Morgan fingerprint density at radius 2 is 1.75 bits per heavy atom. The summed E-state index contributed by atoms with van der Waals surface area (Å²) < 4.78 is 5.78. The first kappa shape index (κ1) is 17.8. The van der Waals surface area contributed by atoms with E-state index < -0.39 is 0 Å². The summed E-state index contributed by atoms with van der Waals surface area (Å²) in [6, 6.07) is 15.6. The monoisotopic (exact) mass is 372 g/mol. The normalized spacial score (nSPS) is 10.8. The highest BCUT2D eigenvalue weighted by atomic mass is 16.4. The van der Waals surface area contributed by atoms with E-state index in [4.69, 9.17) is 4.42 Å². The SMILES string of the molecule is Cc1ccc(-c2ccnc(N(C)Cc3nnc(-c4ccccc4)o3)n2)c(C)n1. The van der Waals surface area contributed by atoms with E-state index in [1.165, 1.54) is 0 Å². The number of nitrogens with zero attached hydrogens (tertiary/aromatic N) is 6. The van der Waals surface area contributed by atoms with E-state index in [-0.39, 0.29) is 0 Å². The van der Waals surface area contributed by atoms with Gasteiger partial charge in [-0.3, -0.25) is 4.98 Å². The van der Waals surface area contributed by atoms with Crippen LogP contribution in [0.4, 0.5) is 5.95 Å². The summed E-state index contributed by atoms with van der Waals surface area (Å²) in [5.41, 5.74) is 4.64. The lowest BCUT2D eigenvalue weighted by molar-refractivity contribution is 0.502. The highest BCUT2D eigenvalue weighted by Gasteiger charge is 2.14. The Bertz CT molecular complexity index is 1090. The van der Waals surface area contributed by atoms with E-state index in [1.54, 1.807) is 6.20 Å². The molecule has 0 amide bonds. The summed E-state index contributed by atoms with van der Waals surface area (Å²) in [4.78, 5) is 15.5. The van der Waals surface area contributed by atoms with Crippen LogP contribution in [-0.2, 0) is 6.54 Å². The molecule has 140 valence electrons. The third kappa shape index (κ3) is 3.73. The van der Waals surface area contributed by atoms with Gasteiger partial charge >= 0.3 is 0 Å². The molecule has 0 spiro atoms. The van der Waals surface area contributed by atoms with Gasteiger partial charge in [0.15, 0.2) is 0 Å². The molecule has 1 aromatic carbocycles. The molecule has 0 aliphatic heterocycles. The lowest BCUT2D eigenvalue weighted by Gasteiger charge is -2.15. The van der Waals surface area contributed by atoms with E-state index in [0.29, 0.717) is 24.3 Å². The van der Waals surface area contributed by atoms with Crippen molar-refractivity contribution in [1.82, 2.24) is 25.1 Å². The van der Waals surface area contributed by atoms with E-state index in [1.807, 2.05) is 74.3 Å². The van der Waals surface area contributed by atoms with Crippen molar-refractivity contribution in [2.75, 3.05) is 11.9 Å². The van der Waals surface area contributed by atoms with E-state index in [9.17, 15) is 0 Å². The molecular weight excluding hydrogens is 352 g/mol. The van der Waals surface area contributed by atoms with E-state index in [2.05, 4.69) is 25.1 Å². The fourth-order valence-corrected chi connectivity index (χ4v) is 2.93. The van der Waals surface area contributed by atoms with Crippen molar-refractivity contribution < 1.29 is 4.42 Å². The topological polar surface area (TPSA) is 80.8 Å². The van der Waals surface area contributed by atoms with Crippen LogP contribution in [0, 0.1) is 13.8 Å². The van der Waals surface area contributed by atoms with E-state index >= 15 is 0 Å². The van der Waals surface area contributed by atoms with Crippen molar-refractivity contribution in [3.05, 3.63) is 72.0 Å². The van der Waals surface area contributed by atoms with E-state index in [0.717, 1.165) is 28.2 Å². The molecular formula is C21H20N6O. The summed E-state index contributed by atoms with van der Waals surface area (Å²) in [7, 11) is 1.89. The summed E-state index contributed by atoms with van der Waals surface area (Å²) >= 11 is 0. The average Bonchev–Trinajstić information content (AvgIpc) is 3.17. The van der Waals surface area contributed by atoms with Gasteiger partial charge in [0.1, 0.15) is 0 Å². The minimum atomic E-state index is 0.411. The Morgan fingerprint density at radius 1 is 0.929 bits per heavy atom. The number of benzene rings is 1. The Hall–Kier alpha value is -3.61. The zero-order valence-electron chi connectivity index (χ0n) is 16.0. The van der Waals surface area contributed by atoms with Crippen molar-refractivity contribution in [2.24, 2.45) is 0 Å². The molecule has 0 bridgehead atoms. The second-order valence-electron chi connectivity index (χ2n) is 6.55. The minimum Gasteiger partial charge on any atom is -0.419 e. The van der Waals surface area contributed by atoms with Gasteiger partial charge in [0, 0.05) is 35.8 Å². The number of hydrogen-bond acceptors (Lipinski definition) is 7. The molecule has 7 nitrogen and oxygen atoms in total. The third-order valence-corrected chi connectivity index (χ3v) is 4.35. The maximum Gasteiger partial charge on any atom is 0.247 e. The van der Waals surface area contributed by atoms with Gasteiger partial charge in [-0.15, -0.1) is 10.2 Å². The fourth-order valence-electron chi connectivity index (χ4n) is 2.93. The Labute approximate surface area is 163 Å². The van der Waals surface area contributed by atoms with Crippen LogP contribution in [0.1, 0.15) is 17.3 Å². The number of aryl methyl sites for hydroxylation is 2. The largest absolute Gasteiger partial charge is 0.419 e. The number of rotatable bonds is 5. The minimum absolute atomic E-state index is 0.411. The van der Waals surface area contributed by atoms with Gasteiger partial charge in [-0.25, -0.2) is 9.97 Å². The van der Waals surface area contributed by atoms with Crippen LogP contribution < -0.4 is 4.90 Å². The Morgan fingerprint density at radius 3 is 2.54 bits per heavy atom. The van der Waals surface area contributed by atoms with Crippen LogP contribution in [-0.4, -0.2) is 32.2 Å². The van der Waals surface area contributed by atoms with Crippen LogP contribution in [0.15, 0.2) is 59.1 Å². The van der Waals surface area contributed by atoms with Crippen molar-refractivity contribution in [1.29, 1.82) is 0 Å². The molecule has 0 fully saturated rings. The highest BCUT2D eigenvalue weighted by Crippen LogP contribution is 2.23. The smallest absolute Gasteiger partial charge is 0.247 e. The molecule has 28 heavy (non-hydrogen) atoms. The number of aromatic nitrogens is 5. The van der Waals surface area contributed by atoms with Gasteiger partial charge in [-0.1, -0.05) is 18.2 Å². The van der Waals surface area contributed by atoms with Crippen LogP contribution in [0.2, 0.25) is 0 Å². The Balaban J connectivity index is 1.54. The lowest BCUT2D eigenvalue weighted by Crippen LogP contribution is -2.19. The average molecular weight is 372 g/mol. The zero-order chi connectivity index (χ0) is 19.5. The quantitative estimate of drug-likeness (QED) is 0.526.